The van der Waals surface area contributed by atoms with Gasteiger partial charge >= 0.3 is 6.09 Å². The van der Waals surface area contributed by atoms with Gasteiger partial charge in [0.25, 0.3) is 9.05 Å². The third-order valence-corrected chi connectivity index (χ3v) is 23.2. The molecule has 80 heavy (non-hydrogen) atoms. The standard InChI is InChI=1S/2C17H18FN3O2S.C13H22N2O2.C9H5ClFNO2S/c2*18-13-9-19-8-11-2-1-3-14(15(11)13)24(22,23)21-10-12-4-7-20-16(12)17(21)5-6-17;1-12(2,3)17-11(16)15-7-4-9-8-14-13(5-6-13)10(9)15;10-15(13,14)8-3-1-2-6-4-12-5-7(11)9(6)8/h2*1-3,8-9,12,16,20H,4-7,10H2;9-10,14H,4-8H2,1-3H3;1-5H. The maximum Gasteiger partial charge on any atom is 0.410 e. The predicted molar refractivity (Wildman–Crippen MR) is 294 cm³/mol. The summed E-state index contributed by atoms with van der Waals surface area (Å²) in [6.45, 7) is 10.7. The van der Waals surface area contributed by atoms with Crippen LogP contribution in [0.25, 0.3) is 32.3 Å². The summed E-state index contributed by atoms with van der Waals surface area (Å²) >= 11 is 0. The van der Waals surface area contributed by atoms with Gasteiger partial charge in [-0.1, -0.05) is 36.4 Å². The molecule has 3 N–H and O–H groups in total. The van der Waals surface area contributed by atoms with E-state index in [-0.39, 0.29) is 65.6 Å². The van der Waals surface area contributed by atoms with Gasteiger partial charge in [-0.15, -0.1) is 0 Å². The molecule has 1 amide bonds. The summed E-state index contributed by atoms with van der Waals surface area (Å²) in [6, 6.07) is 14.9. The van der Waals surface area contributed by atoms with Gasteiger partial charge in [0.1, 0.15) is 5.60 Å². The topological polar surface area (TPSA) is 213 Å². The van der Waals surface area contributed by atoms with Crippen molar-refractivity contribution >= 4 is 78.2 Å². The van der Waals surface area contributed by atoms with Gasteiger partial charge in [0.2, 0.25) is 20.0 Å². The molecule has 3 spiro atoms. The molecule has 426 valence electrons. The Morgan fingerprint density at radius 3 is 1.44 bits per heavy atom. The van der Waals surface area contributed by atoms with E-state index in [1.807, 2.05) is 25.7 Å². The van der Waals surface area contributed by atoms with Gasteiger partial charge < -0.3 is 25.6 Å². The summed E-state index contributed by atoms with van der Waals surface area (Å²) < 4.78 is 127. The lowest BCUT2D eigenvalue weighted by Crippen LogP contribution is -2.48. The van der Waals surface area contributed by atoms with Crippen molar-refractivity contribution in [3.63, 3.8) is 0 Å². The Balaban J connectivity index is 0.000000108. The summed E-state index contributed by atoms with van der Waals surface area (Å²) in [4.78, 5) is 25.3. The van der Waals surface area contributed by atoms with Gasteiger partial charge in [-0.05, 0) is 128 Å². The lowest BCUT2D eigenvalue weighted by Gasteiger charge is -2.31. The smallest absolute Gasteiger partial charge is 0.410 e. The van der Waals surface area contributed by atoms with Gasteiger partial charge in [0.15, 0.2) is 17.5 Å². The maximum absolute atomic E-state index is 14.3. The Labute approximate surface area is 467 Å². The number of hydrogen-bond donors (Lipinski definition) is 3. The van der Waals surface area contributed by atoms with E-state index in [1.54, 1.807) is 38.9 Å². The number of sulfonamides is 2. The molecular formula is C56H63ClF3N9O8S3. The highest BCUT2D eigenvalue weighted by atomic mass is 35.7. The summed E-state index contributed by atoms with van der Waals surface area (Å²) in [6.07, 6.45) is 16.5. The number of pyridine rings is 3. The van der Waals surface area contributed by atoms with Crippen molar-refractivity contribution in [3.05, 3.63) is 109 Å². The zero-order chi connectivity index (χ0) is 56.4. The number of likely N-dealkylation sites (tertiary alicyclic amines) is 1. The average Bonchev–Trinajstić information content (AvgIpc) is 4.48. The predicted octanol–water partition coefficient (Wildman–Crippen LogP) is 7.83. The Hall–Kier alpha value is -5.11. The number of nitrogens with one attached hydrogen (secondary N) is 3. The normalized spacial score (nSPS) is 26.6. The monoisotopic (exact) mass is 1180 g/mol. The molecule has 3 aromatic carbocycles. The minimum Gasteiger partial charge on any atom is -0.444 e. The molecule has 3 aliphatic carbocycles. The Bertz CT molecular complexity index is 3640. The molecule has 3 aromatic heterocycles. The first kappa shape index (κ1) is 55.4. The molecule has 9 heterocycles. The van der Waals surface area contributed by atoms with Crippen LogP contribution in [0.15, 0.2) is 106 Å². The van der Waals surface area contributed by atoms with Crippen LogP contribution in [0.1, 0.15) is 78.6 Å². The van der Waals surface area contributed by atoms with E-state index in [2.05, 4.69) is 30.9 Å². The zero-order valence-corrected chi connectivity index (χ0v) is 47.6. The molecule has 9 fully saturated rings. The summed E-state index contributed by atoms with van der Waals surface area (Å²) in [5.74, 6) is -0.507. The number of aromatic nitrogens is 3. The average molecular weight is 1180 g/mol. The highest BCUT2D eigenvalue weighted by Gasteiger charge is 2.67. The highest BCUT2D eigenvalue weighted by molar-refractivity contribution is 8.14. The number of nitrogens with zero attached hydrogens (tertiary/aromatic N) is 6. The largest absolute Gasteiger partial charge is 0.444 e. The number of amides is 1. The van der Waals surface area contributed by atoms with E-state index < -0.39 is 52.2 Å². The second-order valence-corrected chi connectivity index (χ2v) is 30.0. The van der Waals surface area contributed by atoms with Crippen LogP contribution < -0.4 is 16.0 Å². The molecule has 6 unspecified atom stereocenters. The van der Waals surface area contributed by atoms with Crippen molar-refractivity contribution in [2.45, 2.75) is 134 Å². The summed E-state index contributed by atoms with van der Waals surface area (Å²) in [7, 11) is -6.25. The van der Waals surface area contributed by atoms with E-state index in [0.29, 0.717) is 53.0 Å². The fourth-order valence-corrected chi connectivity index (χ4v) is 19.4. The van der Waals surface area contributed by atoms with E-state index >= 15 is 0 Å². The molecule has 17 nitrogen and oxygen atoms in total. The quantitative estimate of drug-likeness (QED) is 0.141. The first-order valence-corrected chi connectivity index (χ1v) is 32.5. The van der Waals surface area contributed by atoms with E-state index in [4.69, 9.17) is 15.4 Å². The van der Waals surface area contributed by atoms with Crippen molar-refractivity contribution < 1.29 is 48.0 Å². The van der Waals surface area contributed by atoms with Crippen molar-refractivity contribution in [2.75, 3.05) is 39.3 Å². The molecule has 6 aromatic rings. The molecule has 9 aliphatic rings. The minimum absolute atomic E-state index is 0.0255. The van der Waals surface area contributed by atoms with Crippen LogP contribution in [-0.4, -0.2) is 139 Å². The number of ether oxygens (including phenoxy) is 1. The number of carbonyl (C=O) groups excluding carboxylic acids is 1. The fourth-order valence-electron chi connectivity index (χ4n) is 14.1. The van der Waals surface area contributed by atoms with Crippen LogP contribution in [0.5, 0.6) is 0 Å². The molecule has 0 radical (unpaired) electrons. The van der Waals surface area contributed by atoms with Crippen molar-refractivity contribution in [1.82, 2.24) is 44.4 Å². The number of benzene rings is 3. The Morgan fingerprint density at radius 2 is 1.04 bits per heavy atom. The second-order valence-electron chi connectivity index (χ2n) is 23.8. The van der Waals surface area contributed by atoms with Crippen LogP contribution >= 0.6 is 10.7 Å². The number of halogens is 4. The molecule has 6 atom stereocenters. The maximum atomic E-state index is 14.3. The fraction of sp³-hybridized carbons (Fsp3) is 0.500. The number of hydrogen-bond acceptors (Lipinski definition) is 14. The summed E-state index contributed by atoms with van der Waals surface area (Å²) in [5, 5.41) is 12.3. The molecule has 3 saturated carbocycles. The van der Waals surface area contributed by atoms with Crippen molar-refractivity contribution in [3.8, 4) is 0 Å². The van der Waals surface area contributed by atoms with Gasteiger partial charge in [0, 0.05) is 105 Å². The third-order valence-electron chi connectivity index (χ3n) is 17.9. The number of rotatable bonds is 5. The highest BCUT2D eigenvalue weighted by Crippen LogP contribution is 2.57. The van der Waals surface area contributed by atoms with Crippen LogP contribution in [-0.2, 0) is 33.8 Å². The van der Waals surface area contributed by atoms with Crippen LogP contribution in [0.4, 0.5) is 18.0 Å². The zero-order valence-electron chi connectivity index (χ0n) is 44.4. The van der Waals surface area contributed by atoms with Gasteiger partial charge in [-0.25, -0.2) is 43.2 Å². The third kappa shape index (κ3) is 9.62. The molecule has 0 bridgehead atoms. The Morgan fingerprint density at radius 1 is 0.613 bits per heavy atom. The minimum atomic E-state index is -3.95. The van der Waals surface area contributed by atoms with E-state index in [9.17, 15) is 43.2 Å². The summed E-state index contributed by atoms with van der Waals surface area (Å²) in [5.41, 5.74) is -0.743. The molecule has 24 heteroatoms. The van der Waals surface area contributed by atoms with Crippen LogP contribution in [0.3, 0.4) is 0 Å². The van der Waals surface area contributed by atoms with E-state index in [1.165, 1.54) is 55.7 Å². The number of carbonyl (C=O) groups is 1. The van der Waals surface area contributed by atoms with Crippen LogP contribution in [0, 0.1) is 35.2 Å². The van der Waals surface area contributed by atoms with E-state index in [0.717, 1.165) is 89.7 Å². The first-order chi connectivity index (χ1) is 38.0. The first-order valence-electron chi connectivity index (χ1n) is 27.3. The second kappa shape index (κ2) is 20.1. The molecule has 6 saturated heterocycles. The van der Waals surface area contributed by atoms with Crippen molar-refractivity contribution in [2.24, 2.45) is 17.8 Å². The molecule has 15 rings (SSSR count). The molecule has 6 aliphatic heterocycles. The number of fused-ring (bicyclic) bond motifs is 9. The Kier molecular flexibility index (Phi) is 13.9. The van der Waals surface area contributed by atoms with Crippen LogP contribution in [0.2, 0.25) is 0 Å². The van der Waals surface area contributed by atoms with Gasteiger partial charge in [0.05, 0.1) is 50.4 Å². The lowest BCUT2D eigenvalue weighted by molar-refractivity contribution is 0.0192. The van der Waals surface area contributed by atoms with Crippen molar-refractivity contribution in [1.29, 1.82) is 0 Å². The van der Waals surface area contributed by atoms with Gasteiger partial charge in [-0.3, -0.25) is 15.0 Å². The SMILES string of the molecule is CC(C)(C)OC(=O)N1CCC2CNC3(CC3)C21.O=S(=O)(Cl)c1cccc2cncc(F)c12.O=S(=O)(c1cccc2cncc(F)c12)N1CC2CCNC2C12CC2.O=S(=O)(c1cccc2cncc(F)c12)N1CC2CCNC2C12CC2. The molecular weight excluding hydrogens is 1120 g/mol. The lowest BCUT2D eigenvalue weighted by atomic mass is 9.98. The van der Waals surface area contributed by atoms with Gasteiger partial charge in [-0.2, -0.15) is 8.61 Å².